The van der Waals surface area contributed by atoms with Crippen molar-refractivity contribution >= 4 is 5.97 Å². The molecule has 1 heterocycles. The number of hydrogen-bond acceptors (Lipinski definition) is 4. The Labute approximate surface area is 245 Å². The van der Waals surface area contributed by atoms with E-state index in [1.165, 1.54) is 32.1 Å². The number of hydrogen-bond donors (Lipinski definition) is 1. The molecule has 1 aliphatic heterocycles. The van der Waals surface area contributed by atoms with Crippen LogP contribution < -0.4 is 0 Å². The second-order valence-electron chi connectivity index (χ2n) is 17.0. The molecule has 1 N–H and O–H groups in total. The summed E-state index contributed by atoms with van der Waals surface area (Å²) in [5.74, 6) is 1.49. The molecule has 0 amide bonds. The summed E-state index contributed by atoms with van der Waals surface area (Å²) >= 11 is 0. The zero-order valence-electron chi connectivity index (χ0n) is 27.3. The summed E-state index contributed by atoms with van der Waals surface area (Å²) in [6.07, 6.45) is 16.3. The van der Waals surface area contributed by atoms with E-state index in [2.05, 4.69) is 62.3 Å². The molecule has 40 heavy (non-hydrogen) atoms. The fraction of sp³-hybridized carbons (Fsp3) is 0.917. The number of rotatable bonds is 5. The van der Waals surface area contributed by atoms with Gasteiger partial charge in [0.05, 0.1) is 17.3 Å². The van der Waals surface area contributed by atoms with Gasteiger partial charge in [-0.25, -0.2) is 4.79 Å². The molecule has 0 aromatic rings. The topological polar surface area (TPSA) is 55.8 Å². The van der Waals surface area contributed by atoms with Gasteiger partial charge in [0, 0.05) is 11.5 Å². The number of esters is 1. The Hall–Kier alpha value is -0.870. The third-order valence-corrected chi connectivity index (χ3v) is 14.0. The zero-order chi connectivity index (χ0) is 29.4. The Kier molecular flexibility index (Phi) is 7.73. The molecule has 5 fully saturated rings. The van der Waals surface area contributed by atoms with Gasteiger partial charge in [-0.2, -0.15) is 0 Å². The highest BCUT2D eigenvalue weighted by atomic mass is 16.5. The summed E-state index contributed by atoms with van der Waals surface area (Å²) in [6, 6.07) is 0. The number of ether oxygens (including phenoxy) is 2. The van der Waals surface area contributed by atoms with Gasteiger partial charge < -0.3 is 14.6 Å². The first-order valence-corrected chi connectivity index (χ1v) is 16.8. The largest absolute Gasteiger partial charge is 0.459 e. The number of allylic oxidation sites excluding steroid dienone is 1. The van der Waals surface area contributed by atoms with E-state index in [0.717, 1.165) is 44.9 Å². The minimum absolute atomic E-state index is 0.0480. The van der Waals surface area contributed by atoms with Crippen LogP contribution in [0, 0.1) is 45.3 Å². The van der Waals surface area contributed by atoms with Crippen LogP contribution in [0.4, 0.5) is 0 Å². The first-order valence-electron chi connectivity index (χ1n) is 16.8. The van der Waals surface area contributed by atoms with Crippen LogP contribution in [0.2, 0.25) is 0 Å². The van der Waals surface area contributed by atoms with Crippen LogP contribution in [-0.2, 0) is 14.3 Å². The first-order chi connectivity index (χ1) is 18.5. The summed E-state index contributed by atoms with van der Waals surface area (Å²) in [5, 5.41) is 12.1. The molecule has 1 saturated heterocycles. The van der Waals surface area contributed by atoms with Crippen LogP contribution in [-0.4, -0.2) is 34.5 Å². The average Bonchev–Trinajstić information content (AvgIpc) is 3.23. The van der Waals surface area contributed by atoms with E-state index >= 15 is 0 Å². The number of unbranched alkanes of at least 4 members (excludes halogenated alkanes) is 1. The lowest BCUT2D eigenvalue weighted by molar-refractivity contribution is -0.258. The van der Waals surface area contributed by atoms with Crippen molar-refractivity contribution in [1.82, 2.24) is 0 Å². The fourth-order valence-corrected chi connectivity index (χ4v) is 12.0. The molecule has 4 saturated carbocycles. The Balaban J connectivity index is 1.41. The number of fused-ring (bicyclic) bond motifs is 5. The van der Waals surface area contributed by atoms with Crippen molar-refractivity contribution < 1.29 is 19.4 Å². The normalized spacial score (nSPS) is 49.6. The van der Waals surface area contributed by atoms with Gasteiger partial charge in [0.25, 0.3) is 0 Å². The molecule has 4 aliphatic carbocycles. The molecule has 228 valence electrons. The van der Waals surface area contributed by atoms with Gasteiger partial charge in [-0.1, -0.05) is 54.0 Å². The lowest BCUT2D eigenvalue weighted by Crippen LogP contribution is -2.67. The average molecular weight is 557 g/mol. The molecule has 0 aromatic heterocycles. The summed E-state index contributed by atoms with van der Waals surface area (Å²) in [5.41, 5.74) is 0.129. The van der Waals surface area contributed by atoms with Crippen molar-refractivity contribution in [3.63, 3.8) is 0 Å². The van der Waals surface area contributed by atoms with Crippen molar-refractivity contribution in [1.29, 1.82) is 0 Å². The minimum atomic E-state index is -0.279. The van der Waals surface area contributed by atoms with Crippen molar-refractivity contribution in [2.75, 3.05) is 0 Å². The summed E-state index contributed by atoms with van der Waals surface area (Å²) < 4.78 is 13.0. The van der Waals surface area contributed by atoms with E-state index in [0.29, 0.717) is 23.7 Å². The smallest absolute Gasteiger partial charge is 0.330 e. The number of carbonyl (C=O) groups excluding carboxylic acids is 1. The Morgan fingerprint density at radius 3 is 2.27 bits per heavy atom. The van der Waals surface area contributed by atoms with E-state index in [4.69, 9.17) is 9.47 Å². The second kappa shape index (κ2) is 10.1. The van der Waals surface area contributed by atoms with Crippen molar-refractivity contribution in [2.24, 2.45) is 45.3 Å². The quantitative estimate of drug-likeness (QED) is 0.272. The highest BCUT2D eigenvalue weighted by Crippen LogP contribution is 2.76. The van der Waals surface area contributed by atoms with Gasteiger partial charge >= 0.3 is 5.97 Å². The van der Waals surface area contributed by atoms with Gasteiger partial charge in [-0.15, -0.1) is 0 Å². The molecule has 4 heteroatoms. The van der Waals surface area contributed by atoms with Crippen molar-refractivity contribution in [3.05, 3.63) is 12.2 Å². The van der Waals surface area contributed by atoms with Gasteiger partial charge in [0.1, 0.15) is 6.10 Å². The van der Waals surface area contributed by atoms with Crippen molar-refractivity contribution in [3.8, 4) is 0 Å². The van der Waals surface area contributed by atoms with E-state index in [1.807, 2.05) is 6.08 Å². The van der Waals surface area contributed by atoms with Gasteiger partial charge in [-0.3, -0.25) is 0 Å². The third kappa shape index (κ3) is 4.56. The fourth-order valence-electron chi connectivity index (χ4n) is 12.0. The molecule has 0 spiro atoms. The second-order valence-corrected chi connectivity index (χ2v) is 17.0. The van der Waals surface area contributed by atoms with E-state index in [-0.39, 0.29) is 51.0 Å². The molecule has 10 atom stereocenters. The molecule has 5 aliphatic rings. The lowest BCUT2D eigenvalue weighted by atomic mass is 9.35. The predicted octanol–water partition coefficient (Wildman–Crippen LogP) is 8.65. The Bertz CT molecular complexity index is 999. The maximum Gasteiger partial charge on any atom is 0.330 e. The molecule has 0 radical (unpaired) electrons. The standard InChI is InChI=1S/C36H60O4/c1-10-11-12-14-29(38)39-28-17-20-33(6)26(32(28,4)5)16-22-34(7)27(33)23-25(37)30-24(15-21-35(30,34)8)36(9)19-13-18-31(2,3)40-36/h12,14,24-28,30,37H,10-11,13,15-23H2,1-9H3/b14-12+/t24-,25+,26-,27+,28-,30-,33-,34+,35+,36+/m0/s1. The SMILES string of the molecule is CCC/C=C/C(=O)O[C@H]1CC[C@]2(C)[C@H]3C[C@@H](O)[C@@H]4[C@@H]([C@@]5(C)CCCC(C)(C)O5)CC[C@@]4(C)[C@]3(C)CC[C@H]2C1(C)C. The van der Waals surface area contributed by atoms with E-state index in [1.54, 1.807) is 6.08 Å². The highest BCUT2D eigenvalue weighted by Gasteiger charge is 2.72. The number of aliphatic hydroxyl groups excluding tert-OH is 1. The monoisotopic (exact) mass is 556 g/mol. The van der Waals surface area contributed by atoms with Gasteiger partial charge in [0.2, 0.25) is 0 Å². The highest BCUT2D eigenvalue weighted by molar-refractivity contribution is 5.82. The molecule has 0 bridgehead atoms. The van der Waals surface area contributed by atoms with Gasteiger partial charge in [0.15, 0.2) is 0 Å². The van der Waals surface area contributed by atoms with Gasteiger partial charge in [-0.05, 0) is 131 Å². The van der Waals surface area contributed by atoms with Crippen molar-refractivity contribution in [2.45, 2.75) is 163 Å². The van der Waals surface area contributed by atoms with Crippen LogP contribution in [0.25, 0.3) is 0 Å². The molecular formula is C36H60O4. The summed E-state index contributed by atoms with van der Waals surface area (Å²) in [4.78, 5) is 12.7. The van der Waals surface area contributed by atoms with E-state index < -0.39 is 0 Å². The Morgan fingerprint density at radius 1 is 0.900 bits per heavy atom. The van der Waals surface area contributed by atoms with E-state index in [9.17, 15) is 9.90 Å². The maximum atomic E-state index is 12.7. The van der Waals surface area contributed by atoms with Crippen LogP contribution >= 0.6 is 0 Å². The number of carbonyl (C=O) groups is 1. The lowest BCUT2D eigenvalue weighted by Gasteiger charge is -2.70. The van der Waals surface area contributed by atoms with Crippen LogP contribution in [0.1, 0.15) is 139 Å². The molecule has 0 aromatic carbocycles. The maximum absolute atomic E-state index is 12.7. The first kappa shape index (κ1) is 30.6. The van der Waals surface area contributed by atoms with Crippen LogP contribution in [0.15, 0.2) is 12.2 Å². The summed E-state index contributed by atoms with van der Waals surface area (Å²) in [7, 11) is 0. The zero-order valence-corrected chi connectivity index (χ0v) is 27.3. The minimum Gasteiger partial charge on any atom is -0.459 e. The van der Waals surface area contributed by atoms with Crippen LogP contribution in [0.5, 0.6) is 0 Å². The molecule has 5 rings (SSSR count). The third-order valence-electron chi connectivity index (χ3n) is 14.0. The predicted molar refractivity (Wildman–Crippen MR) is 162 cm³/mol. The number of aliphatic hydroxyl groups is 1. The Morgan fingerprint density at radius 2 is 1.60 bits per heavy atom. The van der Waals surface area contributed by atoms with Crippen LogP contribution in [0.3, 0.4) is 0 Å². The molecule has 4 nitrogen and oxygen atoms in total. The molecular weight excluding hydrogens is 496 g/mol. The summed E-state index contributed by atoms with van der Waals surface area (Å²) in [6.45, 7) is 21.4. The molecule has 0 unspecified atom stereocenters.